The van der Waals surface area contributed by atoms with Gasteiger partial charge >= 0.3 is 6.18 Å². The molecule has 1 aliphatic heterocycles. The van der Waals surface area contributed by atoms with Gasteiger partial charge in [0.2, 0.25) is 5.76 Å². The van der Waals surface area contributed by atoms with Gasteiger partial charge in [0.25, 0.3) is 0 Å². The number of rotatable bonds is 2. The highest BCUT2D eigenvalue weighted by Crippen LogP contribution is 2.29. The lowest BCUT2D eigenvalue weighted by Crippen LogP contribution is -2.29. The van der Waals surface area contributed by atoms with Crippen LogP contribution in [-0.4, -0.2) is 23.1 Å². The van der Waals surface area contributed by atoms with Gasteiger partial charge in [-0.1, -0.05) is 11.6 Å². The second kappa shape index (κ2) is 4.45. The van der Waals surface area contributed by atoms with Crippen LogP contribution in [0.25, 0.3) is 0 Å². The van der Waals surface area contributed by atoms with Crippen molar-refractivity contribution in [3.63, 3.8) is 0 Å². The molecule has 0 unspecified atom stereocenters. The zero-order valence-corrected chi connectivity index (χ0v) is 8.76. The Bertz CT molecular complexity index is 342. The molecule has 2 heterocycles. The van der Waals surface area contributed by atoms with E-state index in [1.54, 1.807) is 0 Å². The molecule has 6 heteroatoms. The molecule has 1 aromatic heterocycles. The third kappa shape index (κ3) is 2.75. The van der Waals surface area contributed by atoms with E-state index in [0.717, 1.165) is 32.0 Å². The standard InChI is InChI=1S/C10H13F3N2O/c11-10(12,13)9-6-8(14-16-9)7-15-4-2-1-3-5-15/h6H,1-5,7H2. The molecule has 0 spiro atoms. The molecule has 0 N–H and O–H groups in total. The number of nitrogens with zero attached hydrogens (tertiary/aromatic N) is 2. The van der Waals surface area contributed by atoms with E-state index in [4.69, 9.17) is 0 Å². The quantitative estimate of drug-likeness (QED) is 0.787. The van der Waals surface area contributed by atoms with E-state index in [1.165, 1.54) is 6.42 Å². The fourth-order valence-corrected chi connectivity index (χ4v) is 1.87. The maximum atomic E-state index is 12.2. The van der Waals surface area contributed by atoms with Crippen LogP contribution in [0.2, 0.25) is 0 Å². The Labute approximate surface area is 91.2 Å². The summed E-state index contributed by atoms with van der Waals surface area (Å²) in [7, 11) is 0. The zero-order chi connectivity index (χ0) is 11.6. The van der Waals surface area contributed by atoms with Crippen molar-refractivity contribution in [3.05, 3.63) is 17.5 Å². The number of hydrogen-bond acceptors (Lipinski definition) is 3. The van der Waals surface area contributed by atoms with Crippen molar-refractivity contribution in [3.8, 4) is 0 Å². The summed E-state index contributed by atoms with van der Waals surface area (Å²) < 4.78 is 41.0. The van der Waals surface area contributed by atoms with Gasteiger partial charge in [-0.3, -0.25) is 4.90 Å². The molecule has 1 saturated heterocycles. The van der Waals surface area contributed by atoms with E-state index in [9.17, 15) is 13.2 Å². The van der Waals surface area contributed by atoms with Gasteiger partial charge in [0, 0.05) is 12.6 Å². The van der Waals surface area contributed by atoms with E-state index in [1.807, 2.05) is 0 Å². The molecule has 0 bridgehead atoms. The van der Waals surface area contributed by atoms with Crippen LogP contribution in [0.5, 0.6) is 0 Å². The number of alkyl halides is 3. The predicted octanol–water partition coefficient (Wildman–Crippen LogP) is 2.68. The Morgan fingerprint density at radius 1 is 1.25 bits per heavy atom. The Morgan fingerprint density at radius 3 is 2.50 bits per heavy atom. The van der Waals surface area contributed by atoms with Crippen LogP contribution < -0.4 is 0 Å². The number of halogens is 3. The minimum atomic E-state index is -4.44. The molecule has 0 saturated carbocycles. The summed E-state index contributed by atoms with van der Waals surface area (Å²) >= 11 is 0. The first-order chi connectivity index (χ1) is 7.55. The van der Waals surface area contributed by atoms with Crippen LogP contribution in [0.3, 0.4) is 0 Å². The van der Waals surface area contributed by atoms with Crippen molar-refractivity contribution in [2.45, 2.75) is 32.0 Å². The number of piperidine rings is 1. The molecular formula is C10H13F3N2O. The number of likely N-dealkylation sites (tertiary alicyclic amines) is 1. The third-order valence-corrected chi connectivity index (χ3v) is 2.67. The lowest BCUT2D eigenvalue weighted by Gasteiger charge is -2.25. The highest BCUT2D eigenvalue weighted by molar-refractivity contribution is 5.08. The van der Waals surface area contributed by atoms with E-state index in [2.05, 4.69) is 14.6 Å². The van der Waals surface area contributed by atoms with Gasteiger partial charge in [0.15, 0.2) is 0 Å². The topological polar surface area (TPSA) is 29.3 Å². The molecule has 2 rings (SSSR count). The lowest BCUT2D eigenvalue weighted by atomic mass is 10.1. The van der Waals surface area contributed by atoms with Crippen molar-refractivity contribution in [2.75, 3.05) is 13.1 Å². The number of hydrogen-bond donors (Lipinski definition) is 0. The molecular weight excluding hydrogens is 221 g/mol. The molecule has 1 fully saturated rings. The molecule has 0 aromatic carbocycles. The van der Waals surface area contributed by atoms with Gasteiger partial charge in [-0.15, -0.1) is 0 Å². The van der Waals surface area contributed by atoms with Gasteiger partial charge in [-0.05, 0) is 25.9 Å². The van der Waals surface area contributed by atoms with Crippen LogP contribution in [0.15, 0.2) is 10.6 Å². The molecule has 3 nitrogen and oxygen atoms in total. The highest BCUT2D eigenvalue weighted by Gasteiger charge is 2.36. The first-order valence-electron chi connectivity index (χ1n) is 5.31. The Morgan fingerprint density at radius 2 is 1.94 bits per heavy atom. The smallest absolute Gasteiger partial charge is 0.351 e. The Kier molecular flexibility index (Phi) is 3.18. The molecule has 16 heavy (non-hydrogen) atoms. The van der Waals surface area contributed by atoms with Crippen LogP contribution in [0.1, 0.15) is 30.7 Å². The maximum Gasteiger partial charge on any atom is 0.452 e. The predicted molar refractivity (Wildman–Crippen MR) is 50.6 cm³/mol. The van der Waals surface area contributed by atoms with Crippen molar-refractivity contribution >= 4 is 0 Å². The van der Waals surface area contributed by atoms with E-state index in [0.29, 0.717) is 12.2 Å². The molecule has 0 radical (unpaired) electrons. The Balaban J connectivity index is 1.97. The summed E-state index contributed by atoms with van der Waals surface area (Å²) in [4.78, 5) is 2.10. The normalized spacial score (nSPS) is 18.9. The van der Waals surface area contributed by atoms with Crippen LogP contribution >= 0.6 is 0 Å². The largest absolute Gasteiger partial charge is 0.452 e. The van der Waals surface area contributed by atoms with Crippen molar-refractivity contribution in [2.24, 2.45) is 0 Å². The van der Waals surface area contributed by atoms with Crippen molar-refractivity contribution < 1.29 is 17.7 Å². The third-order valence-electron chi connectivity index (χ3n) is 2.67. The summed E-state index contributed by atoms with van der Waals surface area (Å²) in [6, 6.07) is 0.981. The maximum absolute atomic E-state index is 12.2. The van der Waals surface area contributed by atoms with Crippen LogP contribution in [0.4, 0.5) is 13.2 Å². The fourth-order valence-electron chi connectivity index (χ4n) is 1.87. The van der Waals surface area contributed by atoms with Gasteiger partial charge in [-0.2, -0.15) is 13.2 Å². The zero-order valence-electron chi connectivity index (χ0n) is 8.76. The Hall–Kier alpha value is -1.04. The van der Waals surface area contributed by atoms with Crippen LogP contribution in [0, 0.1) is 0 Å². The van der Waals surface area contributed by atoms with Crippen molar-refractivity contribution in [1.82, 2.24) is 10.1 Å². The minimum absolute atomic E-state index is 0.356. The molecule has 0 atom stereocenters. The molecule has 1 aliphatic rings. The van der Waals surface area contributed by atoms with Gasteiger partial charge in [-0.25, -0.2) is 0 Å². The molecule has 0 aliphatic carbocycles. The lowest BCUT2D eigenvalue weighted by molar-refractivity contribution is -0.155. The highest BCUT2D eigenvalue weighted by atomic mass is 19.4. The fraction of sp³-hybridized carbons (Fsp3) is 0.700. The summed E-state index contributed by atoms with van der Waals surface area (Å²) in [5, 5.41) is 3.44. The summed E-state index contributed by atoms with van der Waals surface area (Å²) in [6.45, 7) is 2.29. The SMILES string of the molecule is FC(F)(F)c1cc(CN2CCCCC2)no1. The second-order valence-corrected chi connectivity index (χ2v) is 4.02. The van der Waals surface area contributed by atoms with Gasteiger partial charge in [0.1, 0.15) is 0 Å². The summed E-state index contributed by atoms with van der Waals surface area (Å²) in [6.07, 6.45) is -1.04. The first kappa shape index (κ1) is 11.4. The second-order valence-electron chi connectivity index (χ2n) is 4.02. The molecule has 1 aromatic rings. The first-order valence-corrected chi connectivity index (χ1v) is 5.31. The summed E-state index contributed by atoms with van der Waals surface area (Å²) in [5.74, 6) is -1.01. The van der Waals surface area contributed by atoms with E-state index in [-0.39, 0.29) is 0 Å². The molecule has 90 valence electrons. The van der Waals surface area contributed by atoms with Gasteiger partial charge in [0.05, 0.1) is 5.69 Å². The monoisotopic (exact) mass is 234 g/mol. The minimum Gasteiger partial charge on any atom is -0.351 e. The van der Waals surface area contributed by atoms with Crippen molar-refractivity contribution in [1.29, 1.82) is 0 Å². The van der Waals surface area contributed by atoms with Crippen LogP contribution in [-0.2, 0) is 12.7 Å². The van der Waals surface area contributed by atoms with E-state index < -0.39 is 11.9 Å². The number of aromatic nitrogens is 1. The van der Waals surface area contributed by atoms with Gasteiger partial charge < -0.3 is 4.52 Å². The average molecular weight is 234 g/mol. The average Bonchev–Trinajstić information content (AvgIpc) is 2.67. The molecule has 0 amide bonds. The summed E-state index contributed by atoms with van der Waals surface area (Å²) in [5.41, 5.74) is 0.356. The van der Waals surface area contributed by atoms with E-state index >= 15 is 0 Å².